The van der Waals surface area contributed by atoms with Gasteiger partial charge in [0.25, 0.3) is 0 Å². The fourth-order valence-electron chi connectivity index (χ4n) is 0.197. The zero-order valence-corrected chi connectivity index (χ0v) is 6.12. The molecule has 42 valence electrons. The molecule has 0 rings (SSSR count). The molecule has 0 nitrogen and oxygen atoms in total. The molecule has 0 aliphatic heterocycles. The molecule has 0 aromatic rings. The summed E-state index contributed by atoms with van der Waals surface area (Å²) in [5.74, 6) is 0. The van der Waals surface area contributed by atoms with Gasteiger partial charge in [-0.3, -0.25) is 0 Å². The normalized spacial score (nSPS) is 18.1. The van der Waals surface area contributed by atoms with Crippen molar-refractivity contribution >= 4 is 25.3 Å². The smallest absolute Gasteiger partial charge is 0.0308 e. The van der Waals surface area contributed by atoms with Gasteiger partial charge in [-0.25, -0.2) is 0 Å². The van der Waals surface area contributed by atoms with Crippen LogP contribution >= 0.6 is 25.3 Å². The van der Waals surface area contributed by atoms with E-state index >= 15 is 0 Å². The summed E-state index contributed by atoms with van der Waals surface area (Å²) in [7, 11) is 0. The van der Waals surface area contributed by atoms with Gasteiger partial charge < -0.3 is 0 Å². The third-order valence-corrected chi connectivity index (χ3v) is 1.95. The van der Waals surface area contributed by atoms with Gasteiger partial charge in [0.2, 0.25) is 0 Å². The zero-order valence-electron chi connectivity index (χ0n) is 4.33. The third kappa shape index (κ3) is 3.06. The maximum Gasteiger partial charge on any atom is 0.0308 e. The van der Waals surface area contributed by atoms with E-state index in [1.165, 1.54) is 0 Å². The highest BCUT2D eigenvalue weighted by atomic mass is 32.1. The Morgan fingerprint density at radius 1 is 1.57 bits per heavy atom. The van der Waals surface area contributed by atoms with Crippen molar-refractivity contribution in [3.63, 3.8) is 0 Å². The van der Waals surface area contributed by atoms with Gasteiger partial charge in [0.1, 0.15) is 0 Å². The molecule has 0 bridgehead atoms. The Balaban J connectivity index is 3.33. The average molecular weight is 134 g/mol. The molecule has 0 N–H and O–H groups in total. The lowest BCUT2D eigenvalue weighted by molar-refractivity contribution is 1.02. The third-order valence-electron chi connectivity index (χ3n) is 0.736. The maximum absolute atomic E-state index is 4.13. The van der Waals surface area contributed by atoms with Crippen molar-refractivity contribution in [3.05, 3.63) is 12.7 Å². The van der Waals surface area contributed by atoms with Crippen LogP contribution in [0.2, 0.25) is 0 Å². The van der Waals surface area contributed by atoms with Crippen molar-refractivity contribution in [1.29, 1.82) is 0 Å². The summed E-state index contributed by atoms with van der Waals surface area (Å²) in [6, 6.07) is 0. The molecular formula is C5H10S2. The van der Waals surface area contributed by atoms with Gasteiger partial charge in [-0.1, -0.05) is 13.0 Å². The molecule has 7 heavy (non-hydrogen) atoms. The van der Waals surface area contributed by atoms with Crippen LogP contribution in [0.3, 0.4) is 0 Å². The highest BCUT2D eigenvalue weighted by Gasteiger charge is 2.00. The van der Waals surface area contributed by atoms with Crippen LogP contribution in [0.15, 0.2) is 12.7 Å². The first-order chi connectivity index (χ1) is 3.18. The second-order valence-corrected chi connectivity index (χ2v) is 2.88. The quantitative estimate of drug-likeness (QED) is 0.417. The molecule has 0 aromatic carbocycles. The topological polar surface area (TPSA) is 0 Å². The molecule has 0 heterocycles. The van der Waals surface area contributed by atoms with Gasteiger partial charge in [-0.05, 0) is 0 Å². The Morgan fingerprint density at radius 3 is 2.00 bits per heavy atom. The monoisotopic (exact) mass is 134 g/mol. The van der Waals surface area contributed by atoms with Crippen molar-refractivity contribution in [2.45, 2.75) is 17.4 Å². The maximum atomic E-state index is 4.13. The molecular weight excluding hydrogens is 124 g/mol. The first-order valence-electron chi connectivity index (χ1n) is 2.17. The van der Waals surface area contributed by atoms with E-state index < -0.39 is 0 Å². The molecule has 2 heteroatoms. The standard InChI is InChI=1S/C5H10S2/c1-3-5(7)4(2)6/h3-7H,1H2,2H3. The summed E-state index contributed by atoms with van der Waals surface area (Å²) in [6.07, 6.45) is 1.78. The molecule has 2 atom stereocenters. The van der Waals surface area contributed by atoms with E-state index in [1.807, 2.05) is 6.92 Å². The van der Waals surface area contributed by atoms with Gasteiger partial charge >= 0.3 is 0 Å². The van der Waals surface area contributed by atoms with Crippen LogP contribution in [0, 0.1) is 0 Å². The molecule has 0 fully saturated rings. The van der Waals surface area contributed by atoms with E-state index in [1.54, 1.807) is 6.08 Å². The van der Waals surface area contributed by atoms with Crippen molar-refractivity contribution in [2.75, 3.05) is 0 Å². The van der Waals surface area contributed by atoms with Crippen LogP contribution in [0.4, 0.5) is 0 Å². The number of rotatable bonds is 2. The summed E-state index contributed by atoms with van der Waals surface area (Å²) in [6.45, 7) is 5.55. The minimum absolute atomic E-state index is 0.225. The molecule has 0 saturated carbocycles. The van der Waals surface area contributed by atoms with Crippen molar-refractivity contribution in [1.82, 2.24) is 0 Å². The van der Waals surface area contributed by atoms with Gasteiger partial charge in [0.15, 0.2) is 0 Å². The molecule has 0 amide bonds. The second-order valence-electron chi connectivity index (χ2n) is 1.47. The van der Waals surface area contributed by atoms with Crippen molar-refractivity contribution < 1.29 is 0 Å². The van der Waals surface area contributed by atoms with Gasteiger partial charge in [-0.15, -0.1) is 6.58 Å². The Bertz CT molecular complexity index is 59.1. The first kappa shape index (κ1) is 7.44. The summed E-state index contributed by atoms with van der Waals surface area (Å²) in [4.78, 5) is 0. The van der Waals surface area contributed by atoms with E-state index in [0.29, 0.717) is 5.25 Å². The van der Waals surface area contributed by atoms with E-state index in [-0.39, 0.29) is 5.25 Å². The number of hydrogen-bond donors (Lipinski definition) is 2. The largest absolute Gasteiger partial charge is 0.175 e. The zero-order chi connectivity index (χ0) is 5.86. The fraction of sp³-hybridized carbons (Fsp3) is 0.600. The molecule has 0 radical (unpaired) electrons. The molecule has 0 spiro atoms. The highest BCUT2D eigenvalue weighted by Crippen LogP contribution is 2.07. The van der Waals surface area contributed by atoms with Gasteiger partial charge in [0, 0.05) is 10.5 Å². The number of hydrogen-bond acceptors (Lipinski definition) is 2. The van der Waals surface area contributed by atoms with Gasteiger partial charge in [-0.2, -0.15) is 25.3 Å². The van der Waals surface area contributed by atoms with E-state index in [2.05, 4.69) is 31.8 Å². The summed E-state index contributed by atoms with van der Waals surface area (Å²) in [5.41, 5.74) is 0. The van der Waals surface area contributed by atoms with Crippen LogP contribution in [0.25, 0.3) is 0 Å². The number of thiol groups is 2. The SMILES string of the molecule is C=CC(S)C(C)S. The second kappa shape index (κ2) is 3.44. The Morgan fingerprint density at radius 2 is 2.00 bits per heavy atom. The van der Waals surface area contributed by atoms with E-state index in [4.69, 9.17) is 0 Å². The first-order valence-corrected chi connectivity index (χ1v) is 3.20. The minimum Gasteiger partial charge on any atom is -0.175 e. The highest BCUT2D eigenvalue weighted by molar-refractivity contribution is 7.85. The fourth-order valence-corrected chi connectivity index (χ4v) is 0.319. The molecule has 0 aliphatic rings. The van der Waals surface area contributed by atoms with E-state index in [9.17, 15) is 0 Å². The average Bonchev–Trinajstić information content (AvgIpc) is 1.65. The lowest BCUT2D eigenvalue weighted by Gasteiger charge is -2.05. The van der Waals surface area contributed by atoms with Gasteiger partial charge in [0.05, 0.1) is 0 Å². The van der Waals surface area contributed by atoms with Crippen LogP contribution in [0.5, 0.6) is 0 Å². The van der Waals surface area contributed by atoms with Crippen LogP contribution in [-0.4, -0.2) is 10.5 Å². The molecule has 0 aliphatic carbocycles. The predicted molar refractivity (Wildman–Crippen MR) is 41.4 cm³/mol. The summed E-state index contributed by atoms with van der Waals surface area (Å²) < 4.78 is 0. The van der Waals surface area contributed by atoms with Crippen molar-refractivity contribution in [3.8, 4) is 0 Å². The Labute approximate surface area is 55.8 Å². The summed E-state index contributed by atoms with van der Waals surface area (Å²) in [5, 5.41) is 0.532. The lowest BCUT2D eigenvalue weighted by atomic mass is 10.3. The molecule has 0 aromatic heterocycles. The van der Waals surface area contributed by atoms with Crippen molar-refractivity contribution in [2.24, 2.45) is 0 Å². The Kier molecular flexibility index (Phi) is 3.66. The molecule has 2 unspecified atom stereocenters. The molecule has 0 saturated heterocycles. The van der Waals surface area contributed by atoms with Crippen LogP contribution in [0.1, 0.15) is 6.92 Å². The van der Waals surface area contributed by atoms with Crippen LogP contribution in [-0.2, 0) is 0 Å². The summed E-state index contributed by atoms with van der Waals surface area (Å²) >= 11 is 8.26. The Hall–Kier alpha value is 0.440. The predicted octanol–water partition coefficient (Wildman–Crippen LogP) is 1.79. The minimum atomic E-state index is 0.225. The lowest BCUT2D eigenvalue weighted by Crippen LogP contribution is -2.05. The van der Waals surface area contributed by atoms with E-state index in [0.717, 1.165) is 0 Å². The van der Waals surface area contributed by atoms with Crippen LogP contribution < -0.4 is 0 Å².